The summed E-state index contributed by atoms with van der Waals surface area (Å²) >= 11 is 0. The number of rotatable bonds is 53. The highest BCUT2D eigenvalue weighted by Crippen LogP contribution is 2.43. The van der Waals surface area contributed by atoms with Crippen LogP contribution in [0.4, 0.5) is 0 Å². The number of hydrogen-bond acceptors (Lipinski definition) is 7. The molecule has 66 heavy (non-hydrogen) atoms. The summed E-state index contributed by atoms with van der Waals surface area (Å²) in [6.07, 6.45) is 55.8. The van der Waals surface area contributed by atoms with Crippen molar-refractivity contribution >= 4 is 19.8 Å². The van der Waals surface area contributed by atoms with Crippen molar-refractivity contribution in [1.82, 2.24) is 0 Å². The molecule has 0 aliphatic heterocycles. The number of phosphoric ester groups is 1. The van der Waals surface area contributed by atoms with Gasteiger partial charge in [-0.25, -0.2) is 4.57 Å². The van der Waals surface area contributed by atoms with Crippen molar-refractivity contribution in [3.05, 3.63) is 12.2 Å². The van der Waals surface area contributed by atoms with Crippen LogP contribution in [0.3, 0.4) is 0 Å². The molecule has 0 saturated carbocycles. The highest BCUT2D eigenvalue weighted by molar-refractivity contribution is 7.47. The molecule has 0 aromatic rings. The Bertz CT molecular complexity index is 1130. The van der Waals surface area contributed by atoms with Crippen LogP contribution in [0.25, 0.3) is 0 Å². The van der Waals surface area contributed by atoms with Gasteiger partial charge in [0.1, 0.15) is 19.8 Å². The van der Waals surface area contributed by atoms with E-state index in [0.717, 1.165) is 38.5 Å². The summed E-state index contributed by atoms with van der Waals surface area (Å²) in [5.74, 6) is -0.782. The lowest BCUT2D eigenvalue weighted by Crippen LogP contribution is -2.37. The molecule has 0 amide bonds. The summed E-state index contributed by atoms with van der Waals surface area (Å²) < 4.78 is 34.5. The molecule has 2 atom stereocenters. The van der Waals surface area contributed by atoms with Crippen molar-refractivity contribution < 1.29 is 42.1 Å². The van der Waals surface area contributed by atoms with Crippen molar-refractivity contribution in [1.29, 1.82) is 0 Å². The van der Waals surface area contributed by atoms with E-state index in [0.29, 0.717) is 17.4 Å². The van der Waals surface area contributed by atoms with Crippen LogP contribution < -0.4 is 0 Å². The van der Waals surface area contributed by atoms with Crippen LogP contribution in [0.5, 0.6) is 0 Å². The van der Waals surface area contributed by atoms with Gasteiger partial charge in [-0.05, 0) is 38.5 Å². The number of nitrogens with zero attached hydrogens (tertiary/aromatic N) is 1. The molecule has 1 N–H and O–H groups in total. The minimum atomic E-state index is -4.37. The summed E-state index contributed by atoms with van der Waals surface area (Å²) in [4.78, 5) is 35.5. The van der Waals surface area contributed by atoms with Gasteiger partial charge >= 0.3 is 19.8 Å². The van der Waals surface area contributed by atoms with Crippen molar-refractivity contribution in [3.63, 3.8) is 0 Å². The lowest BCUT2D eigenvalue weighted by molar-refractivity contribution is -0.870. The average Bonchev–Trinajstić information content (AvgIpc) is 3.27. The minimum absolute atomic E-state index is 0.0360. The number of allylic oxidation sites excluding steroid dienone is 2. The van der Waals surface area contributed by atoms with Gasteiger partial charge in [0.2, 0.25) is 0 Å². The molecule has 0 bridgehead atoms. The number of likely N-dealkylation sites (N-methyl/N-ethyl adjacent to an activating group) is 1. The smallest absolute Gasteiger partial charge is 0.462 e. The first kappa shape index (κ1) is 64.8. The second-order valence-electron chi connectivity index (χ2n) is 20.7. The lowest BCUT2D eigenvalue weighted by Gasteiger charge is -2.24. The summed E-state index contributed by atoms with van der Waals surface area (Å²) in [5.41, 5.74) is 0. The molecule has 0 spiro atoms. The van der Waals surface area contributed by atoms with E-state index in [1.807, 2.05) is 21.1 Å². The lowest BCUT2D eigenvalue weighted by atomic mass is 10.0. The quantitative estimate of drug-likeness (QED) is 0.0211. The van der Waals surface area contributed by atoms with Crippen molar-refractivity contribution in [2.45, 2.75) is 290 Å². The highest BCUT2D eigenvalue weighted by Gasteiger charge is 2.27. The molecule has 10 heteroatoms. The fourth-order valence-corrected chi connectivity index (χ4v) is 9.11. The SMILES string of the molecule is CCCCCCCCCC/C=C\CCCCCCCCCCCCCCCCCCCCCC(=O)OC(COC(=O)CCCCCCCCCCCCC)COP(=O)(O)OCC[N+](C)(C)C. The van der Waals surface area contributed by atoms with Crippen LogP contribution >= 0.6 is 7.82 Å². The van der Waals surface area contributed by atoms with Gasteiger partial charge in [0.05, 0.1) is 27.7 Å². The number of carbonyl (C=O) groups excluding carboxylic acids is 2. The van der Waals surface area contributed by atoms with E-state index < -0.39 is 26.5 Å². The molecule has 0 aromatic heterocycles. The fraction of sp³-hybridized carbons (Fsp3) is 0.929. The third-order valence-corrected chi connectivity index (χ3v) is 13.8. The first-order valence-corrected chi connectivity index (χ1v) is 29.9. The molecule has 0 saturated heterocycles. The van der Waals surface area contributed by atoms with Gasteiger partial charge < -0.3 is 18.9 Å². The van der Waals surface area contributed by atoms with Crippen LogP contribution in [-0.4, -0.2) is 74.9 Å². The second kappa shape index (κ2) is 48.8. The topological polar surface area (TPSA) is 108 Å². The van der Waals surface area contributed by atoms with Crippen LogP contribution in [0.2, 0.25) is 0 Å². The largest absolute Gasteiger partial charge is 0.472 e. The maximum Gasteiger partial charge on any atom is 0.472 e. The first-order chi connectivity index (χ1) is 32.0. The Kier molecular flexibility index (Phi) is 47.8. The summed E-state index contributed by atoms with van der Waals surface area (Å²) in [7, 11) is 1.49. The number of esters is 2. The van der Waals surface area contributed by atoms with E-state index in [4.69, 9.17) is 18.5 Å². The van der Waals surface area contributed by atoms with Crippen molar-refractivity contribution in [3.8, 4) is 0 Å². The molecule has 0 heterocycles. The summed E-state index contributed by atoms with van der Waals surface area (Å²) in [6.45, 7) is 4.46. The molecular formula is C56H111NO8P+. The minimum Gasteiger partial charge on any atom is -0.462 e. The summed E-state index contributed by atoms with van der Waals surface area (Å²) in [5, 5.41) is 0. The molecule has 9 nitrogen and oxygen atoms in total. The second-order valence-corrected chi connectivity index (χ2v) is 22.1. The standard InChI is InChI=1S/C56H110NO8P/c1-6-8-10-12-14-16-18-19-20-21-22-23-24-25-26-27-28-29-30-31-32-33-34-35-36-37-39-41-43-45-47-49-56(59)65-54(53-64-66(60,61)63-51-50-57(3,4)5)52-62-55(58)48-46-44-42-40-38-17-15-13-11-9-7-2/h21-22,54H,6-20,23-53H2,1-5H3/p+1/b22-21-. The normalized spacial score (nSPS) is 13.4. The Hall–Kier alpha value is -1.25. The molecule has 0 aliphatic rings. The first-order valence-electron chi connectivity index (χ1n) is 28.4. The maximum absolute atomic E-state index is 12.8. The number of unbranched alkanes of at least 4 members (excludes halogenated alkanes) is 37. The Balaban J connectivity index is 3.97. The Morgan fingerprint density at radius 3 is 1.12 bits per heavy atom. The zero-order valence-electron chi connectivity index (χ0n) is 44.5. The van der Waals surface area contributed by atoms with E-state index in [9.17, 15) is 19.0 Å². The van der Waals surface area contributed by atoms with E-state index in [2.05, 4.69) is 26.0 Å². The van der Waals surface area contributed by atoms with E-state index in [1.165, 1.54) is 218 Å². The van der Waals surface area contributed by atoms with Crippen LogP contribution in [-0.2, 0) is 32.7 Å². The van der Waals surface area contributed by atoms with Crippen LogP contribution in [0.1, 0.15) is 284 Å². The van der Waals surface area contributed by atoms with E-state index in [1.54, 1.807) is 0 Å². The number of ether oxygens (including phenoxy) is 2. The predicted octanol–water partition coefficient (Wildman–Crippen LogP) is 17.3. The van der Waals surface area contributed by atoms with Gasteiger partial charge in [0.15, 0.2) is 6.10 Å². The molecule has 0 aliphatic carbocycles. The van der Waals surface area contributed by atoms with Crippen molar-refractivity contribution in [2.24, 2.45) is 0 Å². The number of quaternary nitrogens is 1. The Morgan fingerprint density at radius 2 is 0.773 bits per heavy atom. The van der Waals surface area contributed by atoms with Gasteiger partial charge in [0.25, 0.3) is 0 Å². The van der Waals surface area contributed by atoms with Gasteiger partial charge in [-0.1, -0.05) is 244 Å². The van der Waals surface area contributed by atoms with Gasteiger partial charge in [-0.2, -0.15) is 0 Å². The number of phosphoric acid groups is 1. The number of carbonyl (C=O) groups is 2. The van der Waals surface area contributed by atoms with Gasteiger partial charge in [-0.3, -0.25) is 18.6 Å². The third kappa shape index (κ3) is 52.1. The van der Waals surface area contributed by atoms with Crippen molar-refractivity contribution in [2.75, 3.05) is 47.5 Å². The Labute approximate surface area is 409 Å². The predicted molar refractivity (Wildman–Crippen MR) is 280 cm³/mol. The molecular weight excluding hydrogens is 846 g/mol. The average molecular weight is 957 g/mol. The zero-order chi connectivity index (χ0) is 48.5. The molecule has 2 unspecified atom stereocenters. The van der Waals surface area contributed by atoms with Gasteiger partial charge in [-0.15, -0.1) is 0 Å². The van der Waals surface area contributed by atoms with E-state index in [-0.39, 0.29) is 25.6 Å². The third-order valence-electron chi connectivity index (χ3n) is 12.8. The monoisotopic (exact) mass is 957 g/mol. The highest BCUT2D eigenvalue weighted by atomic mass is 31.2. The fourth-order valence-electron chi connectivity index (χ4n) is 8.37. The maximum atomic E-state index is 12.8. The van der Waals surface area contributed by atoms with E-state index >= 15 is 0 Å². The zero-order valence-corrected chi connectivity index (χ0v) is 45.4. The van der Waals surface area contributed by atoms with Gasteiger partial charge in [0, 0.05) is 12.8 Å². The van der Waals surface area contributed by atoms with Crippen LogP contribution in [0.15, 0.2) is 12.2 Å². The number of hydrogen-bond donors (Lipinski definition) is 1. The molecule has 0 rings (SSSR count). The molecule has 392 valence electrons. The Morgan fingerprint density at radius 1 is 0.455 bits per heavy atom. The molecule has 0 fully saturated rings. The van der Waals surface area contributed by atoms with Crippen LogP contribution in [0, 0.1) is 0 Å². The molecule has 0 aromatic carbocycles. The summed E-state index contributed by atoms with van der Waals surface area (Å²) in [6, 6.07) is 0. The molecule has 0 radical (unpaired) electrons.